The number of piperidine rings is 1. The van der Waals surface area contributed by atoms with Gasteiger partial charge in [0.2, 0.25) is 11.8 Å². The molecular weight excluding hydrogens is 568 g/mol. The molecule has 0 radical (unpaired) electrons. The number of aromatic nitrogens is 4. The van der Waals surface area contributed by atoms with Crippen LogP contribution in [-0.4, -0.2) is 80.6 Å². The van der Waals surface area contributed by atoms with E-state index in [-0.39, 0.29) is 17.9 Å². The lowest BCUT2D eigenvalue weighted by Crippen LogP contribution is -2.42. The molecule has 2 aliphatic rings. The van der Waals surface area contributed by atoms with E-state index >= 15 is 0 Å². The number of hydrogen-bond donors (Lipinski definition) is 2. The van der Waals surface area contributed by atoms with Gasteiger partial charge in [0, 0.05) is 51.1 Å². The third-order valence-electron chi connectivity index (χ3n) is 8.69. The molecule has 3 N–H and O–H groups in total. The van der Waals surface area contributed by atoms with Gasteiger partial charge in [0.15, 0.2) is 5.65 Å². The minimum Gasteiger partial charge on any atom is -0.457 e. The molecule has 0 spiro atoms. The molecule has 0 aliphatic carbocycles. The number of carbonyl (C=O) groups is 2. The van der Waals surface area contributed by atoms with Crippen LogP contribution >= 0.6 is 0 Å². The van der Waals surface area contributed by atoms with Crippen molar-refractivity contribution < 1.29 is 14.3 Å². The summed E-state index contributed by atoms with van der Waals surface area (Å²) in [5.41, 5.74) is 8.64. The highest BCUT2D eigenvalue weighted by Gasteiger charge is 2.28. The van der Waals surface area contributed by atoms with Crippen molar-refractivity contribution in [2.75, 3.05) is 45.0 Å². The van der Waals surface area contributed by atoms with Crippen LogP contribution in [0.5, 0.6) is 11.5 Å². The lowest BCUT2D eigenvalue weighted by atomic mass is 10.1. The lowest BCUT2D eigenvalue weighted by Gasteiger charge is -2.33. The van der Waals surface area contributed by atoms with Gasteiger partial charge in [-0.15, -0.1) is 0 Å². The van der Waals surface area contributed by atoms with E-state index in [1.54, 1.807) is 0 Å². The lowest BCUT2D eigenvalue weighted by molar-refractivity contribution is -0.132. The fourth-order valence-electron chi connectivity index (χ4n) is 6.29. The van der Waals surface area contributed by atoms with E-state index in [0.717, 1.165) is 81.8 Å². The van der Waals surface area contributed by atoms with Crippen molar-refractivity contribution in [2.24, 2.45) is 0 Å². The van der Waals surface area contributed by atoms with Crippen molar-refractivity contribution in [3.05, 3.63) is 60.9 Å². The van der Waals surface area contributed by atoms with E-state index in [1.807, 2.05) is 69.1 Å². The van der Waals surface area contributed by atoms with E-state index in [0.29, 0.717) is 48.5 Å². The third kappa shape index (κ3) is 7.42. The molecule has 4 aromatic rings. The number of benzene rings is 2. The zero-order chi connectivity index (χ0) is 31.0. The molecule has 1 atom stereocenters. The number of nitrogens with zero attached hydrogens (tertiary/aromatic N) is 6. The maximum absolute atomic E-state index is 13.2. The fourth-order valence-corrected chi connectivity index (χ4v) is 6.29. The molecule has 2 fully saturated rings. The number of ether oxygens (including phenoxy) is 1. The van der Waals surface area contributed by atoms with E-state index in [4.69, 9.17) is 15.6 Å². The summed E-state index contributed by atoms with van der Waals surface area (Å²) in [6.45, 7) is 4.37. The van der Waals surface area contributed by atoms with Crippen LogP contribution in [0, 0.1) is 0 Å². The number of anilines is 1. The van der Waals surface area contributed by atoms with Crippen LogP contribution in [0.3, 0.4) is 0 Å². The number of amides is 2. The summed E-state index contributed by atoms with van der Waals surface area (Å²) in [4.78, 5) is 38.1. The quantitative estimate of drug-likeness (QED) is 0.232. The number of carbonyl (C=O) groups excluding carboxylic acids is 2. The second-order valence-corrected chi connectivity index (χ2v) is 11.9. The first-order valence-corrected chi connectivity index (χ1v) is 16.1. The molecule has 11 heteroatoms. The predicted octanol–water partition coefficient (Wildman–Crippen LogP) is 4.80. The van der Waals surface area contributed by atoms with Crippen LogP contribution in [0.25, 0.3) is 22.3 Å². The predicted molar refractivity (Wildman–Crippen MR) is 174 cm³/mol. The van der Waals surface area contributed by atoms with Crippen molar-refractivity contribution in [3.63, 3.8) is 0 Å². The number of rotatable bonds is 11. The second-order valence-electron chi connectivity index (χ2n) is 11.9. The zero-order valence-corrected chi connectivity index (χ0v) is 25.7. The van der Waals surface area contributed by atoms with Crippen LogP contribution < -0.4 is 15.8 Å². The van der Waals surface area contributed by atoms with Gasteiger partial charge in [-0.1, -0.05) is 24.6 Å². The normalized spacial score (nSPS) is 17.4. The Hall–Kier alpha value is -4.51. The van der Waals surface area contributed by atoms with Gasteiger partial charge < -0.3 is 25.6 Å². The highest BCUT2D eigenvalue weighted by atomic mass is 16.5. The Kier molecular flexibility index (Phi) is 9.84. The molecule has 0 bridgehead atoms. The Labute approximate surface area is 263 Å². The van der Waals surface area contributed by atoms with Gasteiger partial charge in [0.1, 0.15) is 29.3 Å². The van der Waals surface area contributed by atoms with Crippen molar-refractivity contribution >= 4 is 28.7 Å². The van der Waals surface area contributed by atoms with Crippen molar-refractivity contribution in [3.8, 4) is 22.8 Å². The van der Waals surface area contributed by atoms with Gasteiger partial charge in [-0.2, -0.15) is 5.10 Å². The summed E-state index contributed by atoms with van der Waals surface area (Å²) in [5, 5.41) is 9.12. The van der Waals surface area contributed by atoms with Gasteiger partial charge in [-0.05, 0) is 75.0 Å². The van der Waals surface area contributed by atoms with Crippen LogP contribution in [0.15, 0.2) is 60.9 Å². The Morgan fingerprint density at radius 2 is 1.78 bits per heavy atom. The summed E-state index contributed by atoms with van der Waals surface area (Å²) < 4.78 is 7.89. The number of fused-ring (bicyclic) bond motifs is 1. The molecule has 236 valence electrons. The number of para-hydroxylation sites is 1. The molecule has 2 aromatic heterocycles. The molecule has 11 nitrogen and oxygen atoms in total. The van der Waals surface area contributed by atoms with E-state index in [9.17, 15) is 9.59 Å². The van der Waals surface area contributed by atoms with Crippen LogP contribution in [0.2, 0.25) is 0 Å². The average Bonchev–Trinajstić information content (AvgIpc) is 3.35. The Morgan fingerprint density at radius 1 is 0.956 bits per heavy atom. The number of likely N-dealkylation sites (tertiary alicyclic amines) is 2. The second kappa shape index (κ2) is 14.5. The summed E-state index contributed by atoms with van der Waals surface area (Å²) in [6, 6.07) is 17.4. The molecule has 0 saturated carbocycles. The first kappa shape index (κ1) is 30.5. The Morgan fingerprint density at radius 3 is 2.62 bits per heavy atom. The minimum absolute atomic E-state index is 0.0203. The standard InChI is InChI=1S/C34H42N8O3/c35-33-31-32(25-13-15-28(16-14-25)45-27-10-3-1-4-11-27)39-42(34(31)38-24-37-33)26-9-7-21-41(23-26)30(44)17-19-36-18-8-22-40-20-6-2-5-12-29(40)43/h1,3-4,10-11,13-16,24,26,36H,2,5-9,12,17-23H2,(H2,35,37,38)/t26-/m1/s1. The number of nitrogens with one attached hydrogen (secondary N) is 1. The molecule has 2 aromatic carbocycles. The topological polar surface area (TPSA) is 132 Å². The zero-order valence-electron chi connectivity index (χ0n) is 25.7. The largest absolute Gasteiger partial charge is 0.457 e. The van der Waals surface area contributed by atoms with E-state index in [2.05, 4.69) is 15.3 Å². The summed E-state index contributed by atoms with van der Waals surface area (Å²) in [5.74, 6) is 2.28. The van der Waals surface area contributed by atoms with Crippen molar-refractivity contribution in [2.45, 2.75) is 57.4 Å². The van der Waals surface area contributed by atoms with E-state index < -0.39 is 0 Å². The van der Waals surface area contributed by atoms with Crippen LogP contribution in [0.4, 0.5) is 5.82 Å². The van der Waals surface area contributed by atoms with Crippen LogP contribution in [0.1, 0.15) is 57.4 Å². The van der Waals surface area contributed by atoms with Crippen molar-refractivity contribution in [1.82, 2.24) is 34.9 Å². The van der Waals surface area contributed by atoms with Crippen molar-refractivity contribution in [1.29, 1.82) is 0 Å². The minimum atomic E-state index is -0.0203. The number of nitrogens with two attached hydrogens (primary N) is 1. The highest BCUT2D eigenvalue weighted by Crippen LogP contribution is 2.35. The van der Waals surface area contributed by atoms with Gasteiger partial charge in [0.05, 0.1) is 11.4 Å². The summed E-state index contributed by atoms with van der Waals surface area (Å²) in [6.07, 6.45) is 8.49. The molecule has 0 unspecified atom stereocenters. The van der Waals surface area contributed by atoms with E-state index in [1.165, 1.54) is 6.33 Å². The molecule has 2 amide bonds. The number of nitrogen functional groups attached to an aromatic ring is 1. The SMILES string of the molecule is Nc1ncnc2c1c(-c1ccc(Oc3ccccc3)cc1)nn2[C@@H]1CCCN(C(=O)CCNCCCN2CCCCCC2=O)C1. The summed E-state index contributed by atoms with van der Waals surface area (Å²) in [7, 11) is 0. The molecule has 2 aliphatic heterocycles. The Bertz CT molecular complexity index is 1590. The van der Waals surface area contributed by atoms with Gasteiger partial charge in [-0.3, -0.25) is 9.59 Å². The molecule has 6 rings (SSSR count). The Balaban J connectivity index is 1.07. The third-order valence-corrected chi connectivity index (χ3v) is 8.69. The van der Waals surface area contributed by atoms with Gasteiger partial charge >= 0.3 is 0 Å². The fraction of sp³-hybridized carbons (Fsp3) is 0.441. The highest BCUT2D eigenvalue weighted by molar-refractivity contribution is 5.98. The number of hydrogen-bond acceptors (Lipinski definition) is 8. The maximum atomic E-state index is 13.2. The monoisotopic (exact) mass is 610 g/mol. The first-order chi connectivity index (χ1) is 22.1. The van der Waals surface area contributed by atoms with Gasteiger partial charge in [-0.25, -0.2) is 14.6 Å². The first-order valence-electron chi connectivity index (χ1n) is 16.1. The van der Waals surface area contributed by atoms with Gasteiger partial charge in [0.25, 0.3) is 0 Å². The molecular formula is C34H42N8O3. The molecule has 45 heavy (non-hydrogen) atoms. The van der Waals surface area contributed by atoms with Crippen LogP contribution in [-0.2, 0) is 9.59 Å². The maximum Gasteiger partial charge on any atom is 0.223 e. The average molecular weight is 611 g/mol. The molecule has 4 heterocycles. The molecule has 2 saturated heterocycles. The smallest absolute Gasteiger partial charge is 0.223 e. The summed E-state index contributed by atoms with van der Waals surface area (Å²) >= 11 is 0.